The van der Waals surface area contributed by atoms with Crippen LogP contribution in [0.2, 0.25) is 0 Å². The van der Waals surface area contributed by atoms with Crippen molar-refractivity contribution in [1.82, 2.24) is 0 Å². The number of hydrogen-bond acceptors (Lipinski definition) is 26. The van der Waals surface area contributed by atoms with Gasteiger partial charge in [0.05, 0.1) is 62.8 Å². The number of sulfone groups is 2. The van der Waals surface area contributed by atoms with E-state index in [1.807, 2.05) is 0 Å². The van der Waals surface area contributed by atoms with Gasteiger partial charge in [0.1, 0.15) is 22.0 Å². The van der Waals surface area contributed by atoms with E-state index in [-0.39, 0.29) is 74.6 Å². The van der Waals surface area contributed by atoms with Crippen LogP contribution in [0.15, 0.2) is 101 Å². The third-order valence-electron chi connectivity index (χ3n) is 6.76. The summed E-state index contributed by atoms with van der Waals surface area (Å²) >= 11 is 0.698. The highest BCUT2D eigenvalue weighted by molar-refractivity contribution is 7.94. The predicted molar refractivity (Wildman–Crippen MR) is 193 cm³/mol. The number of aromatic hydroxyl groups is 1. The number of nitrogens with zero attached hydrogens (tertiary/aromatic N) is 4. The second kappa shape index (κ2) is 20.7. The Labute approximate surface area is 328 Å². The highest BCUT2D eigenvalue weighted by Crippen LogP contribution is 2.48. The Kier molecular flexibility index (Phi) is 16.6. The van der Waals surface area contributed by atoms with Gasteiger partial charge in [0.15, 0.2) is 50.1 Å². The van der Waals surface area contributed by atoms with E-state index in [9.17, 15) is 34.9 Å². The van der Waals surface area contributed by atoms with Crippen molar-refractivity contribution < 1.29 is 87.2 Å². The van der Waals surface area contributed by atoms with E-state index in [1.54, 1.807) is 0 Å². The molecule has 0 aliphatic carbocycles. The Balaban J connectivity index is 1.68. The van der Waals surface area contributed by atoms with Crippen LogP contribution in [0.1, 0.15) is 0 Å². The number of nitrogen functional groups attached to an aromatic ring is 1. The summed E-state index contributed by atoms with van der Waals surface area (Å²) in [5, 5.41) is 62.6. The highest BCUT2D eigenvalue weighted by Gasteiger charge is 2.23. The second-order valence-electron chi connectivity index (χ2n) is 10.1. The molecule has 0 aromatic heterocycles. The maximum absolute atomic E-state index is 12.8. The zero-order chi connectivity index (χ0) is 40.9. The molecule has 0 bridgehead atoms. The molecule has 0 radical (unpaired) electrons. The van der Waals surface area contributed by atoms with E-state index in [2.05, 4.69) is 48.6 Å². The molecule has 0 atom stereocenters. The minimum Gasteiger partial charge on any atom is -0.505 e. The largest absolute Gasteiger partial charge is 0.505 e. The molecule has 30 heteroatoms. The second-order valence-corrected chi connectivity index (χ2v) is 17.5. The van der Waals surface area contributed by atoms with Gasteiger partial charge in [-0.05, 0) is 60.7 Å². The fraction of sp³-hybridized carbons (Fsp3) is 0.154. The summed E-state index contributed by atoms with van der Waals surface area (Å²) in [5.74, 6) is -1.67. The molecule has 4 aromatic carbocycles. The minimum atomic E-state index is -5.10. The molecule has 0 saturated carbocycles. The molecule has 0 amide bonds. The molecule has 0 aliphatic rings. The average Bonchev–Trinajstić information content (AvgIpc) is 3.16. The fourth-order valence-electron chi connectivity index (χ4n) is 4.31. The number of phenolic OH excluding ortho intramolecular Hbond substituents is 1. The first-order chi connectivity index (χ1) is 26.6. The van der Waals surface area contributed by atoms with Gasteiger partial charge in [0, 0.05) is 10.8 Å². The van der Waals surface area contributed by atoms with Crippen molar-refractivity contribution in [2.75, 3.05) is 30.5 Å². The quantitative estimate of drug-likeness (QED) is 0.00974. The summed E-state index contributed by atoms with van der Waals surface area (Å²) in [6.07, 6.45) is 0. The summed E-state index contributed by atoms with van der Waals surface area (Å²) in [7, 11) is -13.1. The molecule has 4 rings (SSSR count). The smallest absolute Gasteiger partial charge is 0.296 e. The lowest BCUT2D eigenvalue weighted by molar-refractivity contribution is -0.434. The predicted octanol–water partition coefficient (Wildman–Crippen LogP) is 6.18. The average molecular weight is 904 g/mol. The van der Waals surface area contributed by atoms with E-state index in [1.165, 1.54) is 42.5 Å². The summed E-state index contributed by atoms with van der Waals surface area (Å²) in [6, 6.07) is 11.7. The molecule has 4 aromatic rings. The van der Waals surface area contributed by atoms with Gasteiger partial charge in [-0.3, -0.25) is 12.9 Å². The van der Waals surface area contributed by atoms with Gasteiger partial charge >= 0.3 is 0 Å². The fourth-order valence-corrected chi connectivity index (χ4v) is 8.36. The lowest BCUT2D eigenvalue weighted by Crippen LogP contribution is -2.12. The molecular weight excluding hydrogens is 879 g/mol. The number of benzene rings is 4. The summed E-state index contributed by atoms with van der Waals surface area (Å²) < 4.78 is 107. The normalized spacial score (nSPS) is 12.7. The van der Waals surface area contributed by atoms with Crippen LogP contribution in [0.25, 0.3) is 10.8 Å². The zero-order valence-corrected chi connectivity index (χ0v) is 32.3. The molecule has 0 saturated heterocycles. The molecule has 304 valence electrons. The lowest BCUT2D eigenvalue weighted by Gasteiger charge is -2.12. The van der Waals surface area contributed by atoms with E-state index >= 15 is 0 Å². The van der Waals surface area contributed by atoms with Crippen molar-refractivity contribution in [3.63, 3.8) is 0 Å². The van der Waals surface area contributed by atoms with Gasteiger partial charge in [-0.15, -0.1) is 28.3 Å². The van der Waals surface area contributed by atoms with E-state index in [4.69, 9.17) is 29.9 Å². The maximum Gasteiger partial charge on any atom is 0.296 e. The van der Waals surface area contributed by atoms with Crippen LogP contribution >= 0.6 is 36.7 Å². The first-order valence-corrected chi connectivity index (χ1v) is 21.2. The van der Waals surface area contributed by atoms with Crippen LogP contribution in [-0.2, 0) is 66.3 Å². The first kappa shape index (κ1) is 45.1. The molecule has 7 N–H and O–H groups in total. The Bertz CT molecular complexity index is 2390. The van der Waals surface area contributed by atoms with Crippen molar-refractivity contribution in [2.24, 2.45) is 20.5 Å². The standard InChI is InChI=1S/C26H25N5O19S6/c27-20-7-6-18-19(24(20)30-29-21-8-5-17(13-23(21)56(40,41)42)55(38,39)12-10-44-53-50-47-35)14-22(51-48-45-33)25(26(18)32)31-28-15-1-3-16(4-2-15)54(36,37)11-9-43-52-49-46-34/h1-8,13-14,32-35H,9-12,27H2,(H,40,41,42). The number of azo groups is 2. The van der Waals surface area contributed by atoms with Gasteiger partial charge < -0.3 is 10.8 Å². The van der Waals surface area contributed by atoms with Crippen molar-refractivity contribution in [3.05, 3.63) is 60.7 Å². The molecule has 0 heterocycles. The van der Waals surface area contributed by atoms with E-state index in [0.29, 0.717) is 18.1 Å². The summed E-state index contributed by atoms with van der Waals surface area (Å²) in [5.41, 5.74) is 5.31. The van der Waals surface area contributed by atoms with Crippen molar-refractivity contribution in [1.29, 1.82) is 0 Å². The molecular formula is C26H25N5O19S6. The molecule has 0 aliphatic heterocycles. The molecule has 0 fully saturated rings. The van der Waals surface area contributed by atoms with Crippen LogP contribution in [0.5, 0.6) is 5.75 Å². The monoisotopic (exact) mass is 903 g/mol. The Morgan fingerprint density at radius 2 is 1.21 bits per heavy atom. The Morgan fingerprint density at radius 3 is 1.80 bits per heavy atom. The zero-order valence-electron chi connectivity index (χ0n) is 27.4. The molecule has 24 nitrogen and oxygen atoms in total. The van der Waals surface area contributed by atoms with Crippen molar-refractivity contribution in [2.45, 2.75) is 19.6 Å². The van der Waals surface area contributed by atoms with E-state index in [0.717, 1.165) is 12.1 Å². The number of phenols is 1. The van der Waals surface area contributed by atoms with Crippen LogP contribution in [-0.4, -0.2) is 75.4 Å². The Morgan fingerprint density at radius 1 is 0.643 bits per heavy atom. The molecule has 56 heavy (non-hydrogen) atoms. The summed E-state index contributed by atoms with van der Waals surface area (Å²) in [4.78, 5) is -1.63. The first-order valence-electron chi connectivity index (χ1n) is 14.4. The lowest BCUT2D eigenvalue weighted by atomic mass is 10.1. The number of nitrogens with two attached hydrogens (primary N) is 1. The summed E-state index contributed by atoms with van der Waals surface area (Å²) in [6.45, 7) is -0.791. The van der Waals surface area contributed by atoms with E-state index < -0.39 is 69.1 Å². The highest BCUT2D eigenvalue weighted by atomic mass is 32.2. The molecule has 0 spiro atoms. The Hall–Kier alpha value is -3.64. The van der Waals surface area contributed by atoms with Gasteiger partial charge in [0.25, 0.3) is 10.1 Å². The van der Waals surface area contributed by atoms with Crippen LogP contribution in [0.4, 0.5) is 28.4 Å². The third kappa shape index (κ3) is 12.2. The van der Waals surface area contributed by atoms with Gasteiger partial charge in [-0.25, -0.2) is 32.6 Å². The molecule has 0 unspecified atom stereocenters. The van der Waals surface area contributed by atoms with Gasteiger partial charge in [-0.1, -0.05) is 15.1 Å². The minimum absolute atomic E-state index is 0.0434. The maximum atomic E-state index is 12.8. The van der Waals surface area contributed by atoms with Crippen LogP contribution in [0, 0.1) is 0 Å². The number of hydrogen-bond donors (Lipinski definition) is 6. The van der Waals surface area contributed by atoms with Crippen LogP contribution < -0.4 is 5.73 Å². The number of fused-ring (bicyclic) bond motifs is 1. The van der Waals surface area contributed by atoms with Crippen molar-refractivity contribution >= 4 is 106 Å². The van der Waals surface area contributed by atoms with Gasteiger partial charge in [0.2, 0.25) is 0 Å². The third-order valence-corrected chi connectivity index (χ3v) is 12.4. The van der Waals surface area contributed by atoms with Crippen LogP contribution in [0.3, 0.4) is 0 Å². The number of anilines is 1. The van der Waals surface area contributed by atoms with Gasteiger partial charge in [-0.2, -0.15) is 13.5 Å². The topological polar surface area (TPSA) is 353 Å². The van der Waals surface area contributed by atoms with Crippen molar-refractivity contribution in [3.8, 4) is 5.75 Å². The number of rotatable bonds is 22. The SMILES string of the molecule is Nc1ccc2c(O)c(N=Nc3ccc(S(=O)(=O)CCOSOOO)cc3)c(SOOO)cc2c1N=Nc1ccc(S(=O)(=O)CCOSOOO)cc1S(=O)(=O)O.